The van der Waals surface area contributed by atoms with Gasteiger partial charge in [-0.2, -0.15) is 4.98 Å². The number of hydrogen-bond donors (Lipinski definition) is 1. The van der Waals surface area contributed by atoms with E-state index in [2.05, 4.69) is 38.7 Å². The molecule has 6 nitrogen and oxygen atoms in total. The summed E-state index contributed by atoms with van der Waals surface area (Å²) in [6, 6.07) is 2.01. The van der Waals surface area contributed by atoms with Gasteiger partial charge in [-0.25, -0.2) is 15.0 Å². The lowest BCUT2D eigenvalue weighted by molar-refractivity contribution is 0.497. The van der Waals surface area contributed by atoms with Gasteiger partial charge in [-0.1, -0.05) is 6.92 Å². The molecule has 0 saturated carbocycles. The van der Waals surface area contributed by atoms with E-state index in [9.17, 15) is 0 Å². The Bertz CT molecular complexity index is 643. The van der Waals surface area contributed by atoms with Gasteiger partial charge >= 0.3 is 0 Å². The molecule has 2 N–H and O–H groups in total. The first-order valence-electron chi connectivity index (χ1n) is 7.83. The van der Waals surface area contributed by atoms with Crippen molar-refractivity contribution in [2.24, 2.45) is 0 Å². The van der Waals surface area contributed by atoms with E-state index < -0.39 is 0 Å². The standard InChI is InChI=1S/C16H22N6/c1-3-13-11(2)15(21-16(17)20-13)22-8-4-5-12(9-22)14-6-7-18-10-19-14/h6-7,10,12H,3-5,8-9H2,1-2H3,(H2,17,20,21). The molecule has 3 rings (SSSR count). The number of nitrogens with zero attached hydrogens (tertiary/aromatic N) is 5. The summed E-state index contributed by atoms with van der Waals surface area (Å²) in [5.41, 5.74) is 9.17. The van der Waals surface area contributed by atoms with E-state index in [0.29, 0.717) is 11.9 Å². The van der Waals surface area contributed by atoms with Crippen LogP contribution in [0, 0.1) is 6.92 Å². The Kier molecular flexibility index (Phi) is 4.18. The molecule has 2 aromatic rings. The van der Waals surface area contributed by atoms with Crippen LogP contribution in [0.4, 0.5) is 11.8 Å². The third-order valence-corrected chi connectivity index (χ3v) is 4.32. The molecule has 1 aliphatic heterocycles. The van der Waals surface area contributed by atoms with Crippen LogP contribution < -0.4 is 10.6 Å². The fourth-order valence-electron chi connectivity index (χ4n) is 3.17. The predicted octanol–water partition coefficient (Wildman–Crippen LogP) is 2.10. The molecule has 0 aliphatic carbocycles. The molecule has 1 atom stereocenters. The summed E-state index contributed by atoms with van der Waals surface area (Å²) in [6.45, 7) is 6.10. The van der Waals surface area contributed by atoms with Gasteiger partial charge < -0.3 is 10.6 Å². The topological polar surface area (TPSA) is 80.8 Å². The van der Waals surface area contributed by atoms with Gasteiger partial charge in [0.2, 0.25) is 5.95 Å². The summed E-state index contributed by atoms with van der Waals surface area (Å²) in [5, 5.41) is 0. The molecule has 0 amide bonds. The highest BCUT2D eigenvalue weighted by atomic mass is 15.2. The zero-order valence-corrected chi connectivity index (χ0v) is 13.2. The number of aromatic nitrogens is 4. The summed E-state index contributed by atoms with van der Waals surface area (Å²) in [6.07, 6.45) is 6.57. The minimum Gasteiger partial charge on any atom is -0.368 e. The van der Waals surface area contributed by atoms with E-state index in [4.69, 9.17) is 5.73 Å². The minimum atomic E-state index is 0.363. The van der Waals surface area contributed by atoms with Gasteiger partial charge in [0, 0.05) is 36.5 Å². The zero-order chi connectivity index (χ0) is 15.5. The maximum Gasteiger partial charge on any atom is 0.222 e. The van der Waals surface area contributed by atoms with Crippen LogP contribution in [-0.2, 0) is 6.42 Å². The SMILES string of the molecule is CCc1nc(N)nc(N2CCCC(c3ccncn3)C2)c1C. The van der Waals surface area contributed by atoms with Crippen LogP contribution >= 0.6 is 0 Å². The molecule has 6 heteroatoms. The Hall–Kier alpha value is -2.24. The number of anilines is 2. The van der Waals surface area contributed by atoms with Gasteiger partial charge in [-0.3, -0.25) is 0 Å². The lowest BCUT2D eigenvalue weighted by atomic mass is 9.94. The summed E-state index contributed by atoms with van der Waals surface area (Å²) in [4.78, 5) is 19.6. The molecule has 116 valence electrons. The number of rotatable bonds is 3. The zero-order valence-electron chi connectivity index (χ0n) is 13.2. The van der Waals surface area contributed by atoms with Crippen LogP contribution in [0.25, 0.3) is 0 Å². The van der Waals surface area contributed by atoms with Crippen molar-refractivity contribution in [1.29, 1.82) is 0 Å². The van der Waals surface area contributed by atoms with Crippen molar-refractivity contribution in [3.63, 3.8) is 0 Å². The normalized spacial score (nSPS) is 18.5. The predicted molar refractivity (Wildman–Crippen MR) is 86.8 cm³/mol. The van der Waals surface area contributed by atoms with Crippen molar-refractivity contribution >= 4 is 11.8 Å². The van der Waals surface area contributed by atoms with Crippen LogP contribution in [0.1, 0.15) is 42.6 Å². The Labute approximate surface area is 130 Å². The number of nitrogen functional groups attached to an aromatic ring is 1. The van der Waals surface area contributed by atoms with Crippen molar-refractivity contribution in [3.05, 3.63) is 35.5 Å². The lowest BCUT2D eigenvalue weighted by Gasteiger charge is -2.34. The Morgan fingerprint density at radius 3 is 2.95 bits per heavy atom. The highest BCUT2D eigenvalue weighted by molar-refractivity contribution is 5.52. The van der Waals surface area contributed by atoms with Gasteiger partial charge in [0.25, 0.3) is 0 Å². The molecule has 2 aromatic heterocycles. The van der Waals surface area contributed by atoms with E-state index in [1.165, 1.54) is 0 Å². The highest BCUT2D eigenvalue weighted by Crippen LogP contribution is 2.30. The molecule has 0 aromatic carbocycles. The highest BCUT2D eigenvalue weighted by Gasteiger charge is 2.25. The second-order valence-corrected chi connectivity index (χ2v) is 5.75. The number of aryl methyl sites for hydroxylation is 1. The van der Waals surface area contributed by atoms with Gasteiger partial charge in [-0.05, 0) is 32.3 Å². The summed E-state index contributed by atoms with van der Waals surface area (Å²) >= 11 is 0. The Balaban J connectivity index is 1.88. The quantitative estimate of drug-likeness (QED) is 0.934. The molecule has 0 radical (unpaired) electrons. The second kappa shape index (κ2) is 6.25. The fourth-order valence-corrected chi connectivity index (χ4v) is 3.17. The van der Waals surface area contributed by atoms with Crippen molar-refractivity contribution < 1.29 is 0 Å². The van der Waals surface area contributed by atoms with E-state index in [1.54, 1.807) is 6.33 Å². The summed E-state index contributed by atoms with van der Waals surface area (Å²) in [7, 11) is 0. The van der Waals surface area contributed by atoms with E-state index in [1.807, 2.05) is 12.3 Å². The fraction of sp³-hybridized carbons (Fsp3) is 0.500. The van der Waals surface area contributed by atoms with Crippen LogP contribution in [0.5, 0.6) is 0 Å². The first-order valence-corrected chi connectivity index (χ1v) is 7.83. The molecule has 1 saturated heterocycles. The summed E-state index contributed by atoms with van der Waals surface area (Å²) in [5.74, 6) is 1.75. The Morgan fingerprint density at radius 1 is 1.36 bits per heavy atom. The lowest BCUT2D eigenvalue weighted by Crippen LogP contribution is -2.36. The van der Waals surface area contributed by atoms with Crippen LogP contribution in [-0.4, -0.2) is 33.0 Å². The summed E-state index contributed by atoms with van der Waals surface area (Å²) < 4.78 is 0. The largest absolute Gasteiger partial charge is 0.368 e. The number of hydrogen-bond acceptors (Lipinski definition) is 6. The molecule has 3 heterocycles. The molecule has 22 heavy (non-hydrogen) atoms. The maximum absolute atomic E-state index is 5.89. The number of nitrogens with two attached hydrogens (primary N) is 1. The second-order valence-electron chi connectivity index (χ2n) is 5.75. The smallest absolute Gasteiger partial charge is 0.222 e. The van der Waals surface area contributed by atoms with Gasteiger partial charge in [0.1, 0.15) is 12.1 Å². The van der Waals surface area contributed by atoms with Crippen molar-refractivity contribution in [1.82, 2.24) is 19.9 Å². The van der Waals surface area contributed by atoms with Crippen molar-refractivity contribution in [3.8, 4) is 0 Å². The van der Waals surface area contributed by atoms with Crippen LogP contribution in [0.3, 0.4) is 0 Å². The molecule has 0 spiro atoms. The van der Waals surface area contributed by atoms with Gasteiger partial charge in [-0.15, -0.1) is 0 Å². The average Bonchev–Trinajstić information content (AvgIpc) is 2.57. The third-order valence-electron chi connectivity index (χ3n) is 4.32. The van der Waals surface area contributed by atoms with Crippen molar-refractivity contribution in [2.75, 3.05) is 23.7 Å². The third kappa shape index (κ3) is 2.86. The van der Waals surface area contributed by atoms with Gasteiger partial charge in [0.15, 0.2) is 0 Å². The molecule has 1 fully saturated rings. The van der Waals surface area contributed by atoms with E-state index in [0.717, 1.165) is 55.1 Å². The van der Waals surface area contributed by atoms with E-state index in [-0.39, 0.29) is 0 Å². The molecular formula is C16H22N6. The minimum absolute atomic E-state index is 0.363. The molecule has 1 unspecified atom stereocenters. The van der Waals surface area contributed by atoms with Crippen LogP contribution in [0.15, 0.2) is 18.6 Å². The molecule has 0 bridgehead atoms. The first-order chi connectivity index (χ1) is 10.7. The molecular weight excluding hydrogens is 276 g/mol. The maximum atomic E-state index is 5.89. The Morgan fingerprint density at radius 2 is 2.23 bits per heavy atom. The van der Waals surface area contributed by atoms with Crippen molar-refractivity contribution in [2.45, 2.75) is 39.0 Å². The number of piperidine rings is 1. The van der Waals surface area contributed by atoms with Crippen LogP contribution in [0.2, 0.25) is 0 Å². The molecule has 1 aliphatic rings. The van der Waals surface area contributed by atoms with E-state index >= 15 is 0 Å². The first kappa shape index (κ1) is 14.7. The monoisotopic (exact) mass is 298 g/mol. The average molecular weight is 298 g/mol. The van der Waals surface area contributed by atoms with Gasteiger partial charge in [0.05, 0.1) is 5.69 Å².